The third kappa shape index (κ3) is 1.45. The van der Waals surface area contributed by atoms with Gasteiger partial charge in [0.15, 0.2) is 0 Å². The molecule has 1 saturated carbocycles. The zero-order valence-electron chi connectivity index (χ0n) is 7.46. The van der Waals surface area contributed by atoms with Crippen molar-refractivity contribution in [2.75, 3.05) is 5.75 Å². The molecule has 1 aliphatic heterocycles. The first-order chi connectivity index (χ1) is 5.59. The quantitative estimate of drug-likeness (QED) is 0.578. The molecule has 2 aliphatic rings. The fourth-order valence-electron chi connectivity index (χ4n) is 1.49. The summed E-state index contributed by atoms with van der Waals surface area (Å²) in [4.78, 5) is 11.2. The van der Waals surface area contributed by atoms with Crippen molar-refractivity contribution in [1.82, 2.24) is 0 Å². The molecule has 2 heteroatoms. The van der Waals surface area contributed by atoms with Gasteiger partial charge in [0.1, 0.15) is 0 Å². The van der Waals surface area contributed by atoms with E-state index >= 15 is 0 Å². The van der Waals surface area contributed by atoms with Gasteiger partial charge >= 0.3 is 0 Å². The molecule has 0 aromatic rings. The van der Waals surface area contributed by atoms with E-state index < -0.39 is 0 Å². The number of carbonyl (C=O) groups is 1. The molecular weight excluding hydrogens is 168 g/mol. The van der Waals surface area contributed by atoms with Crippen molar-refractivity contribution in [1.29, 1.82) is 0 Å². The van der Waals surface area contributed by atoms with Gasteiger partial charge in [-0.2, -0.15) is 0 Å². The lowest BCUT2D eigenvalue weighted by Crippen LogP contribution is -1.92. The lowest BCUT2D eigenvalue weighted by molar-refractivity contribution is -0.107. The molecule has 0 N–H and O–H groups in total. The van der Waals surface area contributed by atoms with Crippen LogP contribution >= 0.6 is 11.8 Å². The number of hydrogen-bond donors (Lipinski definition) is 0. The maximum Gasteiger partial charge on any atom is 0.215 e. The number of rotatable bonds is 1. The minimum Gasteiger partial charge on any atom is -0.282 e. The highest BCUT2D eigenvalue weighted by atomic mass is 32.2. The van der Waals surface area contributed by atoms with E-state index in [1.165, 1.54) is 11.8 Å². The number of thioether (sulfide) groups is 1. The van der Waals surface area contributed by atoms with Crippen LogP contribution in [0.3, 0.4) is 0 Å². The molecule has 1 saturated heterocycles. The van der Waals surface area contributed by atoms with Crippen molar-refractivity contribution in [2.24, 2.45) is 11.3 Å². The molecule has 0 bridgehead atoms. The van der Waals surface area contributed by atoms with Gasteiger partial charge in [-0.15, -0.1) is 0 Å². The Bertz CT molecular complexity index is 253. The average molecular weight is 181 g/mol. The second kappa shape index (κ2) is 2.63. The maximum absolute atomic E-state index is 11.2. The van der Waals surface area contributed by atoms with E-state index in [4.69, 9.17) is 0 Å². The molecule has 0 aromatic carbocycles. The Balaban J connectivity index is 2.05. The first-order valence-corrected chi connectivity index (χ1v) is 5.32. The van der Waals surface area contributed by atoms with Crippen LogP contribution in [0.15, 0.2) is 11.6 Å². The summed E-state index contributed by atoms with van der Waals surface area (Å²) >= 11 is 1.45. The third-order valence-electron chi connectivity index (χ3n) is 2.61. The monoisotopic (exact) mass is 181 g/mol. The summed E-state index contributed by atoms with van der Waals surface area (Å²) in [5.41, 5.74) is 1.40. The van der Waals surface area contributed by atoms with Crippen LogP contribution in [0.4, 0.5) is 0 Å². The van der Waals surface area contributed by atoms with Crippen LogP contribution in [-0.2, 0) is 4.79 Å². The zero-order chi connectivity index (χ0) is 8.77. The standard InChI is InChI=1S/C10H13OS/c1-10(2)6-8(10)5-7-3-4-12-9(7)11/h5-6,8H,3-4H2,1-2H3. The normalized spacial score (nSPS) is 36.0. The largest absolute Gasteiger partial charge is 0.282 e. The fourth-order valence-corrected chi connectivity index (χ4v) is 2.36. The van der Waals surface area contributed by atoms with Crippen LogP contribution in [0.2, 0.25) is 0 Å². The molecule has 1 heterocycles. The molecule has 2 rings (SSSR count). The van der Waals surface area contributed by atoms with Crippen LogP contribution in [0.5, 0.6) is 0 Å². The summed E-state index contributed by atoms with van der Waals surface area (Å²) in [5, 5.41) is 0.297. The van der Waals surface area contributed by atoms with Gasteiger partial charge in [0, 0.05) is 11.3 Å². The molecule has 1 atom stereocenters. The zero-order valence-corrected chi connectivity index (χ0v) is 8.28. The summed E-state index contributed by atoms with van der Waals surface area (Å²) in [5.74, 6) is 1.54. The van der Waals surface area contributed by atoms with Crippen molar-refractivity contribution in [2.45, 2.75) is 20.3 Å². The van der Waals surface area contributed by atoms with Gasteiger partial charge in [-0.25, -0.2) is 0 Å². The molecule has 65 valence electrons. The Labute approximate surface area is 77.6 Å². The molecule has 2 fully saturated rings. The Hall–Kier alpha value is -0.240. The van der Waals surface area contributed by atoms with E-state index in [-0.39, 0.29) is 0 Å². The van der Waals surface area contributed by atoms with Gasteiger partial charge in [-0.1, -0.05) is 31.7 Å². The lowest BCUT2D eigenvalue weighted by atomic mass is 10.1. The average Bonchev–Trinajstić information content (AvgIpc) is 2.39. The molecule has 1 radical (unpaired) electrons. The maximum atomic E-state index is 11.2. The predicted molar refractivity (Wildman–Crippen MR) is 51.7 cm³/mol. The summed E-state index contributed by atoms with van der Waals surface area (Å²) in [6, 6.07) is 0. The Kier molecular flexibility index (Phi) is 1.83. The Morgan fingerprint density at radius 2 is 2.33 bits per heavy atom. The molecule has 1 aliphatic carbocycles. The Morgan fingerprint density at radius 3 is 2.75 bits per heavy atom. The third-order valence-corrected chi connectivity index (χ3v) is 3.54. The van der Waals surface area contributed by atoms with Crippen molar-refractivity contribution >= 4 is 16.9 Å². The minimum absolute atomic E-state index is 0.297. The van der Waals surface area contributed by atoms with Gasteiger partial charge in [0.25, 0.3) is 0 Å². The summed E-state index contributed by atoms with van der Waals surface area (Å²) in [6.07, 6.45) is 5.42. The van der Waals surface area contributed by atoms with E-state index in [9.17, 15) is 4.79 Å². The van der Waals surface area contributed by atoms with Crippen molar-refractivity contribution < 1.29 is 4.79 Å². The van der Waals surface area contributed by atoms with Crippen LogP contribution < -0.4 is 0 Å². The molecule has 12 heavy (non-hydrogen) atoms. The SMILES string of the molecule is CC1(C)[CH]C1C=C1CCSC1=O. The number of allylic oxidation sites excluding steroid dienone is 1. The summed E-state index contributed by atoms with van der Waals surface area (Å²) in [7, 11) is 0. The van der Waals surface area contributed by atoms with E-state index in [2.05, 4.69) is 26.3 Å². The summed E-state index contributed by atoms with van der Waals surface area (Å²) in [6.45, 7) is 4.42. The van der Waals surface area contributed by atoms with Crippen molar-refractivity contribution in [3.63, 3.8) is 0 Å². The molecule has 0 spiro atoms. The highest BCUT2D eigenvalue weighted by Crippen LogP contribution is 2.52. The van der Waals surface area contributed by atoms with E-state index in [0.29, 0.717) is 16.4 Å². The second-order valence-corrected chi connectivity index (χ2v) is 5.16. The van der Waals surface area contributed by atoms with Crippen LogP contribution in [0, 0.1) is 17.8 Å². The minimum atomic E-state index is 0.297. The fraction of sp³-hybridized carbons (Fsp3) is 0.600. The van der Waals surface area contributed by atoms with Gasteiger partial charge in [0.05, 0.1) is 0 Å². The van der Waals surface area contributed by atoms with Gasteiger partial charge in [-0.3, -0.25) is 4.79 Å². The van der Waals surface area contributed by atoms with E-state index in [1.54, 1.807) is 0 Å². The van der Waals surface area contributed by atoms with Crippen LogP contribution in [0.1, 0.15) is 20.3 Å². The number of carbonyl (C=O) groups excluding carboxylic acids is 1. The topological polar surface area (TPSA) is 17.1 Å². The second-order valence-electron chi connectivity index (χ2n) is 4.09. The Morgan fingerprint density at radius 1 is 1.67 bits per heavy atom. The van der Waals surface area contributed by atoms with Gasteiger partial charge in [0.2, 0.25) is 5.12 Å². The van der Waals surface area contributed by atoms with Crippen molar-refractivity contribution in [3.05, 3.63) is 18.1 Å². The van der Waals surface area contributed by atoms with Gasteiger partial charge < -0.3 is 0 Å². The van der Waals surface area contributed by atoms with E-state index in [1.807, 2.05) is 0 Å². The van der Waals surface area contributed by atoms with Crippen LogP contribution in [-0.4, -0.2) is 10.9 Å². The van der Waals surface area contributed by atoms with Crippen LogP contribution in [0.25, 0.3) is 0 Å². The van der Waals surface area contributed by atoms with E-state index in [0.717, 1.165) is 17.7 Å². The van der Waals surface area contributed by atoms with Crippen molar-refractivity contribution in [3.8, 4) is 0 Å². The highest BCUT2D eigenvalue weighted by Gasteiger charge is 2.44. The molecule has 1 unspecified atom stereocenters. The predicted octanol–water partition coefficient (Wildman–Crippen LogP) is 2.44. The first-order valence-electron chi connectivity index (χ1n) is 4.33. The highest BCUT2D eigenvalue weighted by molar-refractivity contribution is 8.14. The smallest absolute Gasteiger partial charge is 0.215 e. The lowest BCUT2D eigenvalue weighted by Gasteiger charge is -1.97. The molecule has 1 nitrogen and oxygen atoms in total. The number of hydrogen-bond acceptors (Lipinski definition) is 2. The molecule has 0 aromatic heterocycles. The first kappa shape index (κ1) is 8.36. The molecular formula is C10H13OS. The molecule has 0 amide bonds. The summed E-state index contributed by atoms with van der Waals surface area (Å²) < 4.78 is 0. The van der Waals surface area contributed by atoms with Gasteiger partial charge in [-0.05, 0) is 24.2 Å².